The summed E-state index contributed by atoms with van der Waals surface area (Å²) in [5.74, 6) is -0.366. The van der Waals surface area contributed by atoms with Gasteiger partial charge < -0.3 is 15.2 Å². The summed E-state index contributed by atoms with van der Waals surface area (Å²) in [4.78, 5) is 35.6. The van der Waals surface area contributed by atoms with Crippen LogP contribution in [-0.4, -0.2) is 41.8 Å². The topological polar surface area (TPSA) is 105 Å². The first-order valence-corrected chi connectivity index (χ1v) is 8.42. The molecule has 0 aliphatic heterocycles. The van der Waals surface area contributed by atoms with E-state index in [0.717, 1.165) is 32.1 Å². The summed E-state index contributed by atoms with van der Waals surface area (Å²) in [6.45, 7) is 3.20. The van der Waals surface area contributed by atoms with Crippen LogP contribution in [-0.2, 0) is 14.3 Å². The summed E-state index contributed by atoms with van der Waals surface area (Å²) >= 11 is 0. The second kappa shape index (κ2) is 6.20. The van der Waals surface area contributed by atoms with Crippen LogP contribution < -0.4 is 10.6 Å². The molecule has 3 amide bonds. The van der Waals surface area contributed by atoms with Crippen molar-refractivity contribution < 1.29 is 24.2 Å². The minimum atomic E-state index is -0.754. The number of hydrogen-bond donors (Lipinski definition) is 3. The molecular weight excluding hydrogens is 312 g/mol. The lowest BCUT2D eigenvalue weighted by molar-refractivity contribution is -0.196. The quantitative estimate of drug-likeness (QED) is 0.510. The van der Waals surface area contributed by atoms with Gasteiger partial charge in [0.2, 0.25) is 0 Å². The maximum absolute atomic E-state index is 12.6. The predicted molar refractivity (Wildman–Crippen MR) is 84.8 cm³/mol. The Hall–Kier alpha value is -1.89. The van der Waals surface area contributed by atoms with Gasteiger partial charge in [-0.1, -0.05) is 6.08 Å². The number of rotatable bonds is 5. The van der Waals surface area contributed by atoms with Crippen molar-refractivity contribution in [3.8, 4) is 0 Å². The van der Waals surface area contributed by atoms with E-state index < -0.39 is 35.5 Å². The molecule has 4 fully saturated rings. The molecular formula is C17H24N2O5. The zero-order valence-electron chi connectivity index (χ0n) is 13.7. The molecule has 0 heterocycles. The number of ether oxygens (including phenoxy) is 1. The SMILES string of the molecule is C=CCNC(=O)NC(=O)COC(=O)C12C[C@@H]3C[C@H](CC(O)(C3)C1)C2. The maximum Gasteiger partial charge on any atom is 0.321 e. The lowest BCUT2D eigenvalue weighted by Crippen LogP contribution is -2.58. The predicted octanol–water partition coefficient (Wildman–Crippen LogP) is 0.873. The van der Waals surface area contributed by atoms with Crippen molar-refractivity contribution >= 4 is 17.9 Å². The van der Waals surface area contributed by atoms with Crippen molar-refractivity contribution in [1.29, 1.82) is 0 Å². The van der Waals surface area contributed by atoms with E-state index in [0.29, 0.717) is 18.3 Å². The minimum absolute atomic E-state index is 0.239. The molecule has 7 nitrogen and oxygen atoms in total. The van der Waals surface area contributed by atoms with E-state index in [2.05, 4.69) is 17.2 Å². The third-order valence-electron chi connectivity index (χ3n) is 5.46. The van der Waals surface area contributed by atoms with Gasteiger partial charge in [-0.2, -0.15) is 0 Å². The highest BCUT2D eigenvalue weighted by atomic mass is 16.5. The number of esters is 1. The molecule has 4 rings (SSSR count). The van der Waals surface area contributed by atoms with Gasteiger partial charge in [-0.15, -0.1) is 6.58 Å². The molecule has 0 spiro atoms. The third-order valence-corrected chi connectivity index (χ3v) is 5.46. The molecule has 24 heavy (non-hydrogen) atoms. The minimum Gasteiger partial charge on any atom is -0.455 e. The zero-order valence-corrected chi connectivity index (χ0v) is 13.7. The molecule has 0 saturated heterocycles. The molecule has 4 aliphatic carbocycles. The van der Waals surface area contributed by atoms with Crippen LogP contribution in [0.4, 0.5) is 4.79 Å². The second-order valence-corrected chi connectivity index (χ2v) is 7.59. The summed E-state index contributed by atoms with van der Waals surface area (Å²) in [5.41, 5.74) is -1.42. The Balaban J connectivity index is 1.53. The standard InChI is InChI=1S/C17H24N2O5/c1-2-3-18-15(22)19-13(20)9-24-14(21)16-5-11-4-12(6-16)8-17(23,7-11)10-16/h2,11-12,23H,1,3-10H2,(H2,18,19,20,22)/t11-,12-,16?,17?/m0/s1. The first-order valence-electron chi connectivity index (χ1n) is 8.42. The lowest BCUT2D eigenvalue weighted by Gasteiger charge is -2.58. The van der Waals surface area contributed by atoms with Gasteiger partial charge in [0.15, 0.2) is 6.61 Å². The summed E-state index contributed by atoms with van der Waals surface area (Å²) in [7, 11) is 0. The first kappa shape index (κ1) is 17.0. The van der Waals surface area contributed by atoms with E-state index in [4.69, 9.17) is 4.74 Å². The number of urea groups is 1. The smallest absolute Gasteiger partial charge is 0.321 e. The van der Waals surface area contributed by atoms with E-state index in [1.54, 1.807) is 0 Å². The van der Waals surface area contributed by atoms with E-state index in [1.165, 1.54) is 6.08 Å². The maximum atomic E-state index is 12.6. The zero-order chi connectivity index (χ0) is 17.4. The Kier molecular flexibility index (Phi) is 4.38. The van der Waals surface area contributed by atoms with Crippen LogP contribution in [0.15, 0.2) is 12.7 Å². The number of aliphatic hydroxyl groups is 1. The largest absolute Gasteiger partial charge is 0.455 e. The molecule has 0 aromatic carbocycles. The van der Waals surface area contributed by atoms with Crippen LogP contribution >= 0.6 is 0 Å². The molecule has 0 unspecified atom stereocenters. The van der Waals surface area contributed by atoms with Gasteiger partial charge in [-0.3, -0.25) is 14.9 Å². The van der Waals surface area contributed by atoms with Crippen LogP contribution in [0, 0.1) is 17.3 Å². The van der Waals surface area contributed by atoms with Crippen LogP contribution in [0.2, 0.25) is 0 Å². The summed E-state index contributed by atoms with van der Waals surface area (Å²) in [6, 6.07) is -0.653. The van der Waals surface area contributed by atoms with Gasteiger partial charge in [-0.25, -0.2) is 4.79 Å². The highest BCUT2D eigenvalue weighted by Gasteiger charge is 2.60. The second-order valence-electron chi connectivity index (χ2n) is 7.59. The summed E-state index contributed by atoms with van der Waals surface area (Å²) in [6.07, 6.45) is 5.97. The Morgan fingerprint density at radius 3 is 2.46 bits per heavy atom. The Morgan fingerprint density at radius 2 is 1.88 bits per heavy atom. The van der Waals surface area contributed by atoms with Crippen LogP contribution in [0.3, 0.4) is 0 Å². The Morgan fingerprint density at radius 1 is 1.21 bits per heavy atom. The fourth-order valence-electron chi connectivity index (χ4n) is 5.11. The van der Waals surface area contributed by atoms with Crippen molar-refractivity contribution in [1.82, 2.24) is 10.6 Å². The molecule has 0 aromatic heterocycles. The van der Waals surface area contributed by atoms with Crippen LogP contribution in [0.5, 0.6) is 0 Å². The van der Waals surface area contributed by atoms with Crippen molar-refractivity contribution in [2.24, 2.45) is 17.3 Å². The van der Waals surface area contributed by atoms with Gasteiger partial charge >= 0.3 is 12.0 Å². The van der Waals surface area contributed by atoms with Crippen LogP contribution in [0.25, 0.3) is 0 Å². The molecule has 0 radical (unpaired) electrons. The van der Waals surface area contributed by atoms with E-state index in [1.807, 2.05) is 0 Å². The average Bonchev–Trinajstić information content (AvgIpc) is 2.48. The van der Waals surface area contributed by atoms with E-state index >= 15 is 0 Å². The number of nitrogens with one attached hydrogen (secondary N) is 2. The first-order chi connectivity index (χ1) is 11.3. The normalized spacial score (nSPS) is 36.0. The van der Waals surface area contributed by atoms with Crippen molar-refractivity contribution in [3.05, 3.63) is 12.7 Å². The Labute approximate surface area is 140 Å². The fraction of sp³-hybridized carbons (Fsp3) is 0.706. The van der Waals surface area contributed by atoms with Gasteiger partial charge in [0.05, 0.1) is 11.0 Å². The van der Waals surface area contributed by atoms with Gasteiger partial charge in [0, 0.05) is 6.54 Å². The van der Waals surface area contributed by atoms with E-state index in [-0.39, 0.29) is 6.54 Å². The summed E-state index contributed by atoms with van der Waals surface area (Å²) < 4.78 is 5.18. The van der Waals surface area contributed by atoms with Crippen LogP contribution in [0.1, 0.15) is 38.5 Å². The van der Waals surface area contributed by atoms with E-state index in [9.17, 15) is 19.5 Å². The third kappa shape index (κ3) is 3.31. The number of hydrogen-bond acceptors (Lipinski definition) is 5. The lowest BCUT2D eigenvalue weighted by atomic mass is 9.48. The van der Waals surface area contributed by atoms with Gasteiger partial charge in [0.25, 0.3) is 5.91 Å². The highest BCUT2D eigenvalue weighted by Crippen LogP contribution is 2.61. The molecule has 2 atom stereocenters. The summed E-state index contributed by atoms with van der Waals surface area (Å²) in [5, 5.41) is 15.1. The molecule has 7 heteroatoms. The average molecular weight is 336 g/mol. The van der Waals surface area contributed by atoms with Crippen molar-refractivity contribution in [2.75, 3.05) is 13.2 Å². The molecule has 4 saturated carbocycles. The molecule has 132 valence electrons. The molecule has 3 N–H and O–H groups in total. The van der Waals surface area contributed by atoms with Gasteiger partial charge in [0.1, 0.15) is 0 Å². The number of carbonyl (C=O) groups is 3. The highest BCUT2D eigenvalue weighted by molar-refractivity contribution is 5.95. The van der Waals surface area contributed by atoms with Crippen molar-refractivity contribution in [3.63, 3.8) is 0 Å². The monoisotopic (exact) mass is 336 g/mol. The molecule has 4 bridgehead atoms. The number of carbonyl (C=O) groups excluding carboxylic acids is 3. The Bertz CT molecular complexity index is 559. The fourth-order valence-corrected chi connectivity index (χ4v) is 5.11. The molecule has 4 aliphatic rings. The van der Waals surface area contributed by atoms with Crippen molar-refractivity contribution in [2.45, 2.75) is 44.1 Å². The molecule has 0 aromatic rings. The number of imide groups is 1. The number of amides is 3. The van der Waals surface area contributed by atoms with Gasteiger partial charge in [-0.05, 0) is 50.4 Å².